The predicted octanol–water partition coefficient (Wildman–Crippen LogP) is 3.99. The topological polar surface area (TPSA) is 88.0 Å². The maximum atomic E-state index is 12.6. The minimum atomic E-state index is -3.70. The summed E-state index contributed by atoms with van der Waals surface area (Å²) in [4.78, 5) is 20.6. The highest BCUT2D eigenvalue weighted by molar-refractivity contribution is 7.93. The van der Waals surface area contributed by atoms with E-state index in [2.05, 4.69) is 22.0 Å². The second-order valence-electron chi connectivity index (χ2n) is 5.61. The van der Waals surface area contributed by atoms with Crippen LogP contribution in [0, 0.1) is 0 Å². The molecule has 0 aliphatic rings. The van der Waals surface area contributed by atoms with Crippen molar-refractivity contribution >= 4 is 51.1 Å². The molecule has 2 aromatic rings. The van der Waals surface area contributed by atoms with Gasteiger partial charge in [0.05, 0.1) is 22.0 Å². The Bertz CT molecular complexity index is 1000. The van der Waals surface area contributed by atoms with Crippen LogP contribution in [0.15, 0.2) is 67.4 Å². The van der Waals surface area contributed by atoms with E-state index >= 15 is 0 Å². The van der Waals surface area contributed by atoms with E-state index in [9.17, 15) is 13.2 Å². The van der Waals surface area contributed by atoms with Crippen molar-refractivity contribution in [3.63, 3.8) is 0 Å². The van der Waals surface area contributed by atoms with Gasteiger partial charge in [0.2, 0.25) is 9.84 Å². The Kier molecular flexibility index (Phi) is 7.06. The van der Waals surface area contributed by atoms with Crippen molar-refractivity contribution in [2.75, 3.05) is 6.54 Å². The summed E-state index contributed by atoms with van der Waals surface area (Å²) in [7, 11) is -3.70. The second-order valence-corrected chi connectivity index (χ2v) is 9.31. The molecule has 27 heavy (non-hydrogen) atoms. The van der Waals surface area contributed by atoms with Crippen molar-refractivity contribution in [2.45, 2.75) is 23.0 Å². The Labute approximate surface area is 167 Å². The molecule has 0 aliphatic heterocycles. The number of carbonyl (C=O) groups excluding carboxylic acids is 1. The van der Waals surface area contributed by atoms with Crippen molar-refractivity contribution in [1.82, 2.24) is 5.32 Å². The maximum absolute atomic E-state index is 12.6. The molecule has 0 saturated heterocycles. The minimum absolute atomic E-state index is 0.0822. The van der Waals surface area contributed by atoms with Gasteiger partial charge in [-0.1, -0.05) is 11.6 Å². The lowest BCUT2D eigenvalue weighted by atomic mass is 10.4. The lowest BCUT2D eigenvalue weighted by Gasteiger charge is -2.03. The van der Waals surface area contributed by atoms with Crippen molar-refractivity contribution < 1.29 is 13.2 Å². The van der Waals surface area contributed by atoms with Gasteiger partial charge in [-0.25, -0.2) is 8.42 Å². The second kappa shape index (κ2) is 9.07. The molecule has 0 radical (unpaired) electrons. The molecule has 9 heteroatoms. The van der Waals surface area contributed by atoms with Crippen molar-refractivity contribution in [2.24, 2.45) is 9.98 Å². The fourth-order valence-electron chi connectivity index (χ4n) is 1.92. The normalized spacial score (nSPS) is 11.7. The molecular formula is C18H18ClN3O3S2. The minimum Gasteiger partial charge on any atom is -0.346 e. The first kappa shape index (κ1) is 21.0. The lowest BCUT2D eigenvalue weighted by Crippen LogP contribution is -2.24. The average Bonchev–Trinajstić information content (AvgIpc) is 3.13. The standard InChI is InChI=1S/C18H18ClN3O3S2/c1-12(2)21-10-14(20-3)11-22-18(23)16-8-9-17(26-16)27(24,25)15-6-4-13(19)5-7-15/h4-10H,3,11H2,1-2H3,(H,22,23)/b14-10-. The molecule has 0 bridgehead atoms. The number of halogens is 1. The molecular weight excluding hydrogens is 406 g/mol. The number of nitrogens with one attached hydrogen (secondary N) is 1. The number of benzene rings is 1. The number of carbonyl (C=O) groups is 1. The van der Waals surface area contributed by atoms with Gasteiger partial charge < -0.3 is 5.32 Å². The van der Waals surface area contributed by atoms with E-state index in [1.807, 2.05) is 13.8 Å². The summed E-state index contributed by atoms with van der Waals surface area (Å²) < 4.78 is 25.3. The Morgan fingerprint density at radius 1 is 1.22 bits per heavy atom. The van der Waals surface area contributed by atoms with Crippen LogP contribution in [0.25, 0.3) is 0 Å². The summed E-state index contributed by atoms with van der Waals surface area (Å²) in [6.07, 6.45) is 1.52. The summed E-state index contributed by atoms with van der Waals surface area (Å²) in [6.45, 7) is 7.25. The van der Waals surface area contributed by atoms with Crippen molar-refractivity contribution in [1.29, 1.82) is 0 Å². The molecule has 1 aromatic heterocycles. The number of aliphatic imine (C=N–C) groups is 2. The zero-order valence-corrected chi connectivity index (χ0v) is 17.2. The quantitative estimate of drug-likeness (QED) is 0.683. The SMILES string of the molecule is C=N/C(=C\N=C(C)C)CNC(=O)c1ccc(S(=O)(=O)c2ccc(Cl)cc2)s1. The van der Waals surface area contributed by atoms with Crippen LogP contribution in [0.2, 0.25) is 5.02 Å². The highest BCUT2D eigenvalue weighted by atomic mass is 35.5. The number of sulfone groups is 1. The molecule has 0 saturated carbocycles. The molecule has 0 fully saturated rings. The van der Waals surface area contributed by atoms with E-state index < -0.39 is 15.7 Å². The van der Waals surface area contributed by atoms with E-state index in [1.54, 1.807) is 0 Å². The smallest absolute Gasteiger partial charge is 0.261 e. The molecule has 1 N–H and O–H groups in total. The third-order valence-electron chi connectivity index (χ3n) is 3.30. The van der Waals surface area contributed by atoms with E-state index in [1.165, 1.54) is 42.6 Å². The van der Waals surface area contributed by atoms with E-state index in [-0.39, 0.29) is 20.5 Å². The summed E-state index contributed by atoms with van der Waals surface area (Å²) in [5, 5.41) is 3.12. The number of rotatable bonds is 7. The van der Waals surface area contributed by atoms with Gasteiger partial charge in [0.25, 0.3) is 5.91 Å². The first-order chi connectivity index (χ1) is 12.7. The van der Waals surface area contributed by atoms with Crippen LogP contribution in [-0.2, 0) is 9.84 Å². The van der Waals surface area contributed by atoms with Gasteiger partial charge in [-0.15, -0.1) is 11.3 Å². The molecule has 0 atom stereocenters. The van der Waals surface area contributed by atoms with E-state index in [0.717, 1.165) is 17.0 Å². The van der Waals surface area contributed by atoms with Crippen LogP contribution < -0.4 is 5.32 Å². The van der Waals surface area contributed by atoms with Crippen LogP contribution >= 0.6 is 22.9 Å². The number of hydrogen-bond donors (Lipinski definition) is 1. The average molecular weight is 424 g/mol. The van der Waals surface area contributed by atoms with Gasteiger partial charge >= 0.3 is 0 Å². The number of nitrogens with zero attached hydrogens (tertiary/aromatic N) is 2. The van der Waals surface area contributed by atoms with Gasteiger partial charge in [0, 0.05) is 16.9 Å². The van der Waals surface area contributed by atoms with Crippen LogP contribution in [0.3, 0.4) is 0 Å². The number of thiophene rings is 1. The zero-order chi connectivity index (χ0) is 20.0. The number of amides is 1. The fraction of sp³-hybridized carbons (Fsp3) is 0.167. The van der Waals surface area contributed by atoms with Crippen LogP contribution in [-0.4, -0.2) is 33.3 Å². The summed E-state index contributed by atoms with van der Waals surface area (Å²) >= 11 is 6.69. The van der Waals surface area contributed by atoms with Gasteiger partial charge in [0.1, 0.15) is 4.21 Å². The zero-order valence-electron chi connectivity index (χ0n) is 14.8. The molecule has 1 heterocycles. The summed E-state index contributed by atoms with van der Waals surface area (Å²) in [6, 6.07) is 8.76. The maximum Gasteiger partial charge on any atom is 0.261 e. The molecule has 142 valence electrons. The molecule has 2 rings (SSSR count). The Morgan fingerprint density at radius 3 is 2.48 bits per heavy atom. The summed E-state index contributed by atoms with van der Waals surface area (Å²) in [5.74, 6) is -0.399. The van der Waals surface area contributed by atoms with Crippen molar-refractivity contribution in [3.8, 4) is 0 Å². The van der Waals surface area contributed by atoms with Crippen LogP contribution in [0.4, 0.5) is 0 Å². The molecule has 6 nitrogen and oxygen atoms in total. The predicted molar refractivity (Wildman–Crippen MR) is 110 cm³/mol. The molecule has 0 spiro atoms. The van der Waals surface area contributed by atoms with Gasteiger partial charge in [0.15, 0.2) is 0 Å². The highest BCUT2D eigenvalue weighted by Gasteiger charge is 2.21. The molecule has 0 unspecified atom stereocenters. The Balaban J connectivity index is 2.13. The van der Waals surface area contributed by atoms with Crippen LogP contribution in [0.1, 0.15) is 23.5 Å². The highest BCUT2D eigenvalue weighted by Crippen LogP contribution is 2.28. The lowest BCUT2D eigenvalue weighted by molar-refractivity contribution is 0.0961. The fourth-order valence-corrected chi connectivity index (χ4v) is 4.67. The monoisotopic (exact) mass is 423 g/mol. The van der Waals surface area contributed by atoms with Gasteiger partial charge in [-0.2, -0.15) is 0 Å². The van der Waals surface area contributed by atoms with Gasteiger partial charge in [-0.3, -0.25) is 14.8 Å². The molecule has 1 amide bonds. The molecule has 1 aromatic carbocycles. The third-order valence-corrected chi connectivity index (χ3v) is 6.90. The first-order valence-corrected chi connectivity index (χ1v) is 10.5. The van der Waals surface area contributed by atoms with E-state index in [4.69, 9.17) is 11.6 Å². The largest absolute Gasteiger partial charge is 0.346 e. The number of hydrogen-bond acceptors (Lipinski definition) is 6. The van der Waals surface area contributed by atoms with Crippen molar-refractivity contribution in [3.05, 3.63) is 58.2 Å². The summed E-state index contributed by atoms with van der Waals surface area (Å²) in [5.41, 5.74) is 1.34. The van der Waals surface area contributed by atoms with E-state index in [0.29, 0.717) is 10.7 Å². The first-order valence-electron chi connectivity index (χ1n) is 7.79. The Hall–Kier alpha value is -2.29. The van der Waals surface area contributed by atoms with Crippen LogP contribution in [0.5, 0.6) is 0 Å². The third kappa shape index (κ3) is 5.59. The molecule has 0 aliphatic carbocycles. The Morgan fingerprint density at radius 2 is 1.89 bits per heavy atom. The van der Waals surface area contributed by atoms with Gasteiger partial charge in [-0.05, 0) is 57.0 Å².